The van der Waals surface area contributed by atoms with Gasteiger partial charge in [-0.05, 0) is 38.3 Å². The summed E-state index contributed by atoms with van der Waals surface area (Å²) in [5.41, 5.74) is 2.84. The molecule has 5 heteroatoms. The highest BCUT2D eigenvalue weighted by Crippen LogP contribution is 2.32. The van der Waals surface area contributed by atoms with Crippen molar-refractivity contribution in [2.75, 3.05) is 36.5 Å². The van der Waals surface area contributed by atoms with E-state index in [2.05, 4.69) is 21.3 Å². The van der Waals surface area contributed by atoms with Crippen molar-refractivity contribution in [3.63, 3.8) is 0 Å². The molecule has 0 aromatic carbocycles. The molecule has 3 rings (SSSR count). The van der Waals surface area contributed by atoms with Crippen LogP contribution in [0.15, 0.2) is 6.07 Å². The second kappa shape index (κ2) is 5.40. The van der Waals surface area contributed by atoms with Gasteiger partial charge in [0.2, 0.25) is 5.91 Å². The lowest BCUT2D eigenvalue weighted by molar-refractivity contribution is -0.117. The van der Waals surface area contributed by atoms with E-state index in [0.717, 1.165) is 61.9 Å². The molecule has 108 valence electrons. The molecule has 0 atom stereocenters. The molecule has 1 aromatic rings. The number of nitrogens with one attached hydrogen (secondary N) is 1. The molecule has 1 aromatic heterocycles. The maximum atomic E-state index is 11.9. The number of carbonyl (C=O) groups excluding carboxylic acids is 1. The number of ether oxygens (including phenoxy) is 1. The van der Waals surface area contributed by atoms with Crippen LogP contribution in [-0.4, -0.2) is 37.2 Å². The lowest BCUT2D eigenvalue weighted by Crippen LogP contribution is -2.37. The van der Waals surface area contributed by atoms with Crippen LogP contribution in [0.4, 0.5) is 11.5 Å². The smallest absolute Gasteiger partial charge is 0.227 e. The summed E-state index contributed by atoms with van der Waals surface area (Å²) >= 11 is 0. The molecule has 0 unspecified atom stereocenters. The third-order valence-corrected chi connectivity index (χ3v) is 3.92. The first-order chi connectivity index (χ1) is 9.65. The van der Waals surface area contributed by atoms with Gasteiger partial charge in [-0.2, -0.15) is 0 Å². The molecular formula is C15H21N3O2. The van der Waals surface area contributed by atoms with Crippen LogP contribution in [0.1, 0.15) is 24.1 Å². The number of amides is 1. The Kier molecular flexibility index (Phi) is 3.61. The van der Waals surface area contributed by atoms with E-state index >= 15 is 0 Å². The molecule has 0 bridgehead atoms. The number of anilines is 2. The fourth-order valence-electron chi connectivity index (χ4n) is 2.53. The maximum Gasteiger partial charge on any atom is 0.227 e. The van der Waals surface area contributed by atoms with Gasteiger partial charge in [-0.25, -0.2) is 4.98 Å². The average Bonchev–Trinajstić information content (AvgIpc) is 3.28. The van der Waals surface area contributed by atoms with Gasteiger partial charge < -0.3 is 15.0 Å². The second-order valence-corrected chi connectivity index (χ2v) is 5.62. The summed E-state index contributed by atoms with van der Waals surface area (Å²) in [6, 6.07) is 2.06. The first-order valence-corrected chi connectivity index (χ1v) is 7.27. The van der Waals surface area contributed by atoms with E-state index in [-0.39, 0.29) is 11.8 Å². The standard InChI is InChI=1S/C15H21N3O2/c1-10-9-13(18-5-7-20-8-6-18)16-11(2)14(10)17-15(19)12-3-4-12/h9,12H,3-8H2,1-2H3,(H,17,19). The number of hydrogen-bond donors (Lipinski definition) is 1. The van der Waals surface area contributed by atoms with Gasteiger partial charge in [0, 0.05) is 19.0 Å². The molecule has 2 fully saturated rings. The number of pyridine rings is 1. The minimum absolute atomic E-state index is 0.136. The number of rotatable bonds is 3. The van der Waals surface area contributed by atoms with E-state index in [1.54, 1.807) is 0 Å². The monoisotopic (exact) mass is 275 g/mol. The Hall–Kier alpha value is -1.62. The number of aryl methyl sites for hydroxylation is 2. The predicted molar refractivity (Wildman–Crippen MR) is 78.1 cm³/mol. The highest BCUT2D eigenvalue weighted by atomic mass is 16.5. The van der Waals surface area contributed by atoms with Gasteiger partial charge in [-0.15, -0.1) is 0 Å². The van der Waals surface area contributed by atoms with Crippen molar-refractivity contribution in [2.45, 2.75) is 26.7 Å². The molecule has 1 saturated heterocycles. The summed E-state index contributed by atoms with van der Waals surface area (Å²) in [5.74, 6) is 1.33. The molecule has 0 spiro atoms. The molecule has 1 N–H and O–H groups in total. The van der Waals surface area contributed by atoms with Crippen molar-refractivity contribution >= 4 is 17.4 Å². The average molecular weight is 275 g/mol. The van der Waals surface area contributed by atoms with Gasteiger partial charge in [0.05, 0.1) is 24.6 Å². The van der Waals surface area contributed by atoms with E-state index in [0.29, 0.717) is 0 Å². The van der Waals surface area contributed by atoms with Crippen molar-refractivity contribution in [1.82, 2.24) is 4.98 Å². The van der Waals surface area contributed by atoms with Gasteiger partial charge in [0.15, 0.2) is 0 Å². The van der Waals surface area contributed by atoms with Gasteiger partial charge in [0.25, 0.3) is 0 Å². The molecule has 20 heavy (non-hydrogen) atoms. The van der Waals surface area contributed by atoms with Crippen LogP contribution in [0.5, 0.6) is 0 Å². The molecule has 0 radical (unpaired) electrons. The molecule has 1 aliphatic carbocycles. The van der Waals surface area contributed by atoms with Crippen molar-refractivity contribution in [1.29, 1.82) is 0 Å². The van der Waals surface area contributed by atoms with E-state index in [4.69, 9.17) is 4.74 Å². The van der Waals surface area contributed by atoms with Crippen LogP contribution < -0.4 is 10.2 Å². The van der Waals surface area contributed by atoms with E-state index in [1.807, 2.05) is 13.8 Å². The fraction of sp³-hybridized carbons (Fsp3) is 0.600. The predicted octanol–water partition coefficient (Wildman–Crippen LogP) is 1.88. The minimum atomic E-state index is 0.136. The third-order valence-electron chi connectivity index (χ3n) is 3.92. The Morgan fingerprint density at radius 2 is 2.05 bits per heavy atom. The molecule has 2 aliphatic rings. The first kappa shape index (κ1) is 13.4. The molecule has 5 nitrogen and oxygen atoms in total. The number of nitrogens with zero attached hydrogens (tertiary/aromatic N) is 2. The molecule has 1 amide bonds. The van der Waals surface area contributed by atoms with Crippen LogP contribution in [0, 0.1) is 19.8 Å². The Balaban J connectivity index is 1.79. The normalized spacial score (nSPS) is 19.0. The highest BCUT2D eigenvalue weighted by Gasteiger charge is 2.30. The molecule has 1 saturated carbocycles. The summed E-state index contributed by atoms with van der Waals surface area (Å²) in [5, 5.41) is 3.03. The number of aromatic nitrogens is 1. The van der Waals surface area contributed by atoms with Gasteiger partial charge in [0.1, 0.15) is 5.82 Å². The quantitative estimate of drug-likeness (QED) is 0.915. The van der Waals surface area contributed by atoms with E-state index in [9.17, 15) is 4.79 Å². The summed E-state index contributed by atoms with van der Waals surface area (Å²) in [4.78, 5) is 18.8. The van der Waals surface area contributed by atoms with Crippen molar-refractivity contribution in [3.8, 4) is 0 Å². The minimum Gasteiger partial charge on any atom is -0.378 e. The zero-order chi connectivity index (χ0) is 14.1. The molecule has 1 aliphatic heterocycles. The van der Waals surface area contributed by atoms with Crippen LogP contribution in [0.2, 0.25) is 0 Å². The SMILES string of the molecule is Cc1cc(N2CCOCC2)nc(C)c1NC(=O)C1CC1. The largest absolute Gasteiger partial charge is 0.378 e. The lowest BCUT2D eigenvalue weighted by Gasteiger charge is -2.28. The fourth-order valence-corrected chi connectivity index (χ4v) is 2.53. The zero-order valence-electron chi connectivity index (χ0n) is 12.1. The Labute approximate surface area is 119 Å². The Morgan fingerprint density at radius 1 is 1.35 bits per heavy atom. The summed E-state index contributed by atoms with van der Waals surface area (Å²) < 4.78 is 5.36. The number of carbonyl (C=O) groups is 1. The number of morpholine rings is 1. The van der Waals surface area contributed by atoms with E-state index in [1.165, 1.54) is 0 Å². The van der Waals surface area contributed by atoms with Crippen LogP contribution in [0.25, 0.3) is 0 Å². The Bertz CT molecular complexity index is 497. The highest BCUT2D eigenvalue weighted by molar-refractivity contribution is 5.95. The topological polar surface area (TPSA) is 54.5 Å². The summed E-state index contributed by atoms with van der Waals surface area (Å²) in [6.45, 7) is 7.24. The van der Waals surface area contributed by atoms with Crippen molar-refractivity contribution in [2.24, 2.45) is 5.92 Å². The summed E-state index contributed by atoms with van der Waals surface area (Å²) in [6.07, 6.45) is 2.03. The van der Waals surface area contributed by atoms with Gasteiger partial charge in [-0.3, -0.25) is 4.79 Å². The van der Waals surface area contributed by atoms with Gasteiger partial charge in [-0.1, -0.05) is 0 Å². The van der Waals surface area contributed by atoms with Gasteiger partial charge >= 0.3 is 0 Å². The third kappa shape index (κ3) is 2.77. The van der Waals surface area contributed by atoms with Crippen LogP contribution >= 0.6 is 0 Å². The number of hydrogen-bond acceptors (Lipinski definition) is 4. The zero-order valence-corrected chi connectivity index (χ0v) is 12.1. The molecular weight excluding hydrogens is 254 g/mol. The van der Waals surface area contributed by atoms with Crippen LogP contribution in [0.3, 0.4) is 0 Å². The van der Waals surface area contributed by atoms with Crippen LogP contribution in [-0.2, 0) is 9.53 Å². The second-order valence-electron chi connectivity index (χ2n) is 5.62. The maximum absolute atomic E-state index is 11.9. The van der Waals surface area contributed by atoms with E-state index < -0.39 is 0 Å². The van der Waals surface area contributed by atoms with Crippen molar-refractivity contribution in [3.05, 3.63) is 17.3 Å². The Morgan fingerprint density at radius 3 is 2.65 bits per heavy atom. The first-order valence-electron chi connectivity index (χ1n) is 7.27. The molecule has 2 heterocycles. The lowest BCUT2D eigenvalue weighted by atomic mass is 10.1. The summed E-state index contributed by atoms with van der Waals surface area (Å²) in [7, 11) is 0. The van der Waals surface area contributed by atoms with Crippen molar-refractivity contribution < 1.29 is 9.53 Å².